The molecule has 1 atom stereocenters. The molecule has 0 aliphatic carbocycles. The zero-order valence-corrected chi connectivity index (χ0v) is 11.5. The molecule has 0 radical (unpaired) electrons. The molecule has 1 unspecified atom stereocenters. The van der Waals surface area contributed by atoms with Crippen molar-refractivity contribution < 1.29 is 4.79 Å². The summed E-state index contributed by atoms with van der Waals surface area (Å²) < 4.78 is 0. The lowest BCUT2D eigenvalue weighted by Crippen LogP contribution is -2.43. The van der Waals surface area contributed by atoms with E-state index in [0.717, 1.165) is 13.0 Å². The maximum Gasteiger partial charge on any atom is 0.236 e. The van der Waals surface area contributed by atoms with E-state index in [1.165, 1.54) is 0 Å². The van der Waals surface area contributed by atoms with Crippen LogP contribution in [0.25, 0.3) is 0 Å². The Morgan fingerprint density at radius 1 is 1.38 bits per heavy atom. The summed E-state index contributed by atoms with van der Waals surface area (Å²) >= 11 is 4.93. The van der Waals surface area contributed by atoms with E-state index >= 15 is 0 Å². The zero-order valence-electron chi connectivity index (χ0n) is 10.7. The van der Waals surface area contributed by atoms with Gasteiger partial charge in [0.15, 0.2) is 0 Å². The Bertz CT molecular complexity index is 243. The van der Waals surface area contributed by atoms with E-state index < -0.39 is 0 Å². The molecule has 2 N–H and O–H groups in total. The van der Waals surface area contributed by atoms with Crippen LogP contribution in [0.1, 0.15) is 26.7 Å². The van der Waals surface area contributed by atoms with E-state index in [1.54, 1.807) is 19.0 Å². The van der Waals surface area contributed by atoms with Crippen LogP contribution in [-0.2, 0) is 4.79 Å². The normalized spacial score (nSPS) is 12.6. The van der Waals surface area contributed by atoms with Crippen LogP contribution in [0.2, 0.25) is 0 Å². The first-order chi connectivity index (χ1) is 7.42. The highest BCUT2D eigenvalue weighted by Crippen LogP contribution is 2.09. The average Bonchev–Trinajstić information content (AvgIpc) is 2.21. The van der Waals surface area contributed by atoms with Gasteiger partial charge < -0.3 is 10.6 Å². The first-order valence-corrected chi connectivity index (χ1v) is 6.05. The van der Waals surface area contributed by atoms with E-state index in [9.17, 15) is 4.79 Å². The van der Waals surface area contributed by atoms with Crippen molar-refractivity contribution in [2.24, 2.45) is 5.73 Å². The molecule has 1 amide bonds. The number of hydrogen-bond acceptors (Lipinski definition) is 3. The van der Waals surface area contributed by atoms with E-state index in [-0.39, 0.29) is 11.9 Å². The third-order valence-corrected chi connectivity index (χ3v) is 2.83. The summed E-state index contributed by atoms with van der Waals surface area (Å²) in [6.07, 6.45) is 1.63. The van der Waals surface area contributed by atoms with Crippen molar-refractivity contribution in [1.82, 2.24) is 9.80 Å². The third-order valence-electron chi connectivity index (χ3n) is 2.67. The molecule has 16 heavy (non-hydrogen) atoms. The number of thiocarbonyl (C=S) groups is 1. The van der Waals surface area contributed by atoms with Gasteiger partial charge in [-0.15, -0.1) is 0 Å². The smallest absolute Gasteiger partial charge is 0.236 e. The van der Waals surface area contributed by atoms with Crippen LogP contribution < -0.4 is 5.73 Å². The average molecular weight is 245 g/mol. The Morgan fingerprint density at radius 2 is 1.94 bits per heavy atom. The first kappa shape index (κ1) is 15.3. The molecule has 0 spiro atoms. The van der Waals surface area contributed by atoms with Gasteiger partial charge in [0, 0.05) is 26.6 Å². The predicted molar refractivity (Wildman–Crippen MR) is 71.4 cm³/mol. The number of likely N-dealkylation sites (N-methyl/N-ethyl adjacent to an activating group) is 2. The lowest BCUT2D eigenvalue weighted by atomic mass is 10.1. The number of carbonyl (C=O) groups excluding carboxylic acids is 1. The van der Waals surface area contributed by atoms with Gasteiger partial charge in [0.25, 0.3) is 0 Å². The van der Waals surface area contributed by atoms with Crippen molar-refractivity contribution in [2.45, 2.75) is 32.7 Å². The molecule has 0 rings (SSSR count). The molecule has 0 bridgehead atoms. The monoisotopic (exact) mass is 245 g/mol. The van der Waals surface area contributed by atoms with Gasteiger partial charge in [-0.1, -0.05) is 26.1 Å². The first-order valence-electron chi connectivity index (χ1n) is 5.64. The van der Waals surface area contributed by atoms with Crippen LogP contribution >= 0.6 is 12.2 Å². The molecule has 0 aromatic rings. The van der Waals surface area contributed by atoms with Gasteiger partial charge in [0.05, 0.1) is 11.5 Å². The SMILES string of the molecule is CCC(CC(N)=S)N(CC)CC(=O)N(C)C. The van der Waals surface area contributed by atoms with Crippen molar-refractivity contribution in [3.8, 4) is 0 Å². The van der Waals surface area contributed by atoms with E-state index in [0.29, 0.717) is 18.0 Å². The number of amides is 1. The number of carbonyl (C=O) groups is 1. The van der Waals surface area contributed by atoms with Crippen LogP contribution in [0.3, 0.4) is 0 Å². The highest BCUT2D eigenvalue weighted by molar-refractivity contribution is 7.80. The zero-order chi connectivity index (χ0) is 12.7. The fourth-order valence-electron chi connectivity index (χ4n) is 1.58. The molecule has 4 nitrogen and oxygen atoms in total. The fraction of sp³-hybridized carbons (Fsp3) is 0.818. The second-order valence-electron chi connectivity index (χ2n) is 4.08. The summed E-state index contributed by atoms with van der Waals surface area (Å²) in [6.45, 7) is 5.40. The van der Waals surface area contributed by atoms with Crippen LogP contribution in [0.4, 0.5) is 0 Å². The van der Waals surface area contributed by atoms with Gasteiger partial charge in [-0.3, -0.25) is 9.69 Å². The summed E-state index contributed by atoms with van der Waals surface area (Å²) in [6, 6.07) is 0.270. The summed E-state index contributed by atoms with van der Waals surface area (Å²) in [5.74, 6) is 0.114. The van der Waals surface area contributed by atoms with Crippen LogP contribution in [0.15, 0.2) is 0 Å². The van der Waals surface area contributed by atoms with Crippen molar-refractivity contribution in [3.05, 3.63) is 0 Å². The molecule has 0 aromatic heterocycles. The van der Waals surface area contributed by atoms with Crippen molar-refractivity contribution in [1.29, 1.82) is 0 Å². The Labute approximate surface area is 104 Å². The minimum absolute atomic E-state index is 0.114. The quantitative estimate of drug-likeness (QED) is 0.676. The Morgan fingerprint density at radius 3 is 2.25 bits per heavy atom. The largest absolute Gasteiger partial charge is 0.393 e. The Kier molecular flexibility index (Phi) is 7.25. The van der Waals surface area contributed by atoms with Gasteiger partial charge in [-0.25, -0.2) is 0 Å². The van der Waals surface area contributed by atoms with Gasteiger partial charge in [-0.2, -0.15) is 0 Å². The lowest BCUT2D eigenvalue weighted by Gasteiger charge is -2.30. The molecular formula is C11H23N3OS. The van der Waals surface area contributed by atoms with E-state index in [1.807, 2.05) is 6.92 Å². The van der Waals surface area contributed by atoms with Crippen molar-refractivity contribution in [3.63, 3.8) is 0 Å². The minimum atomic E-state index is 0.114. The molecule has 94 valence electrons. The minimum Gasteiger partial charge on any atom is -0.393 e. The Hall–Kier alpha value is -0.680. The van der Waals surface area contributed by atoms with Crippen LogP contribution in [0, 0.1) is 0 Å². The molecular weight excluding hydrogens is 222 g/mol. The summed E-state index contributed by atoms with van der Waals surface area (Å²) in [4.78, 5) is 15.9. The number of rotatable bonds is 7. The Balaban J connectivity index is 4.43. The highest BCUT2D eigenvalue weighted by atomic mass is 32.1. The maximum atomic E-state index is 11.6. The molecule has 0 fully saturated rings. The molecule has 0 aliphatic rings. The van der Waals surface area contributed by atoms with Crippen molar-refractivity contribution in [2.75, 3.05) is 27.2 Å². The highest BCUT2D eigenvalue weighted by Gasteiger charge is 2.19. The predicted octanol–water partition coefficient (Wildman–Crippen LogP) is 0.851. The van der Waals surface area contributed by atoms with E-state index in [4.69, 9.17) is 18.0 Å². The number of nitrogens with zero attached hydrogens (tertiary/aromatic N) is 2. The van der Waals surface area contributed by atoms with E-state index in [2.05, 4.69) is 11.8 Å². The molecule has 0 saturated heterocycles. The van der Waals surface area contributed by atoms with Crippen LogP contribution in [0.5, 0.6) is 0 Å². The fourth-order valence-corrected chi connectivity index (χ4v) is 1.77. The molecule has 0 aromatic carbocycles. The number of hydrogen-bond donors (Lipinski definition) is 1. The summed E-state index contributed by atoms with van der Waals surface area (Å²) in [7, 11) is 3.54. The lowest BCUT2D eigenvalue weighted by molar-refractivity contribution is -0.130. The summed E-state index contributed by atoms with van der Waals surface area (Å²) in [5, 5.41) is 0. The molecule has 0 saturated carbocycles. The van der Waals surface area contributed by atoms with Gasteiger partial charge >= 0.3 is 0 Å². The third kappa shape index (κ3) is 5.42. The topological polar surface area (TPSA) is 49.6 Å². The molecule has 0 aliphatic heterocycles. The second kappa shape index (κ2) is 7.57. The summed E-state index contributed by atoms with van der Waals surface area (Å²) in [5.41, 5.74) is 5.56. The molecule has 5 heteroatoms. The van der Waals surface area contributed by atoms with Gasteiger partial charge in [0.1, 0.15) is 0 Å². The standard InChI is InChI=1S/C11H23N3OS/c1-5-9(7-10(12)16)14(6-2)8-11(15)13(3)4/h9H,5-8H2,1-4H3,(H2,12,16). The van der Waals surface area contributed by atoms with Gasteiger partial charge in [-0.05, 0) is 13.0 Å². The molecule has 0 heterocycles. The van der Waals surface area contributed by atoms with Crippen LogP contribution in [-0.4, -0.2) is 53.9 Å². The van der Waals surface area contributed by atoms with Crippen molar-refractivity contribution >= 4 is 23.1 Å². The van der Waals surface area contributed by atoms with Gasteiger partial charge in [0.2, 0.25) is 5.91 Å². The maximum absolute atomic E-state index is 11.6. The second-order valence-corrected chi connectivity index (χ2v) is 4.61. The number of nitrogens with two attached hydrogens (primary N) is 1.